The van der Waals surface area contributed by atoms with E-state index < -0.39 is 51.8 Å². The summed E-state index contributed by atoms with van der Waals surface area (Å²) in [4.78, 5) is 35.0. The van der Waals surface area contributed by atoms with Crippen LogP contribution in [0.2, 0.25) is 0 Å². The van der Waals surface area contributed by atoms with Gasteiger partial charge in [-0.2, -0.15) is 0 Å². The zero-order chi connectivity index (χ0) is 43.3. The number of ether oxygens (including phenoxy) is 2. The second-order valence-electron chi connectivity index (χ2n) is 15.4. The van der Waals surface area contributed by atoms with E-state index in [0.29, 0.717) is 19.3 Å². The summed E-state index contributed by atoms with van der Waals surface area (Å²) in [5.74, 6) is -1.01. The quantitative estimate of drug-likeness (QED) is 0.0234. The number of rotatable bonds is 43. The van der Waals surface area contributed by atoms with Crippen molar-refractivity contribution in [2.24, 2.45) is 0 Å². The molecule has 0 aromatic rings. The summed E-state index contributed by atoms with van der Waals surface area (Å²) in [5.41, 5.74) is 0. The molecule has 342 valence electrons. The number of hydrogen-bond acceptors (Lipinski definition) is 9. The zero-order valence-electron chi connectivity index (χ0n) is 37.2. The number of carbonyl (C=O) groups is 2. The highest BCUT2D eigenvalue weighted by atomic mass is 31.2. The van der Waals surface area contributed by atoms with E-state index in [1.54, 1.807) is 0 Å². The van der Waals surface area contributed by atoms with Gasteiger partial charge in [-0.05, 0) is 77.0 Å². The van der Waals surface area contributed by atoms with Gasteiger partial charge in [-0.3, -0.25) is 18.6 Å². The van der Waals surface area contributed by atoms with Crippen molar-refractivity contribution in [1.29, 1.82) is 0 Å². The molecule has 0 aromatic heterocycles. The van der Waals surface area contributed by atoms with Crippen molar-refractivity contribution >= 4 is 19.8 Å². The number of aliphatic hydroxyl groups is 2. The van der Waals surface area contributed by atoms with Crippen LogP contribution in [0.15, 0.2) is 60.8 Å². The number of aliphatic hydroxyl groups excluding tert-OH is 2. The Morgan fingerprint density at radius 3 is 1.39 bits per heavy atom. The van der Waals surface area contributed by atoms with Crippen molar-refractivity contribution < 1.29 is 47.8 Å². The van der Waals surface area contributed by atoms with Crippen molar-refractivity contribution in [3.63, 3.8) is 0 Å². The van der Waals surface area contributed by atoms with E-state index >= 15 is 0 Å². The third-order valence-electron chi connectivity index (χ3n) is 9.64. The number of allylic oxidation sites excluding steroid dienone is 10. The van der Waals surface area contributed by atoms with Gasteiger partial charge < -0.3 is 24.6 Å². The van der Waals surface area contributed by atoms with Gasteiger partial charge in [-0.15, -0.1) is 0 Å². The van der Waals surface area contributed by atoms with Crippen LogP contribution in [0.3, 0.4) is 0 Å². The molecule has 11 heteroatoms. The average molecular weight is 853 g/mol. The van der Waals surface area contributed by atoms with Gasteiger partial charge in [0.25, 0.3) is 0 Å². The standard InChI is InChI=1S/C48H85O10P/c1-3-5-7-9-11-13-15-17-19-20-21-22-23-24-26-27-29-31-33-35-37-39-47(51)55-43-46(44-57-59(53,54)56-42-45(50)41-49)58-48(52)40-38-36-34-32-30-28-25-18-16-14-12-10-8-6-4-2/h19-20,22-23,26-28,30-31,33,45-46,49-50H,3-18,21,24-25,29,32,34-44H2,1-2H3,(H,53,54)/b20-19+,23-22+,27-26+,30-28+,33-31+/t45-,46+/m1/s1. The van der Waals surface area contributed by atoms with Crippen LogP contribution in [0.5, 0.6) is 0 Å². The fourth-order valence-corrected chi connectivity index (χ4v) is 6.83. The molecule has 0 saturated carbocycles. The van der Waals surface area contributed by atoms with E-state index in [-0.39, 0.29) is 19.4 Å². The summed E-state index contributed by atoms with van der Waals surface area (Å²) in [6.45, 7) is 2.30. The lowest BCUT2D eigenvalue weighted by atomic mass is 10.1. The Morgan fingerprint density at radius 1 is 0.508 bits per heavy atom. The molecule has 0 aromatic carbocycles. The maximum absolute atomic E-state index is 12.6. The highest BCUT2D eigenvalue weighted by Crippen LogP contribution is 2.43. The molecule has 0 saturated heterocycles. The summed E-state index contributed by atoms with van der Waals surface area (Å²) in [7, 11) is -4.64. The molecule has 0 spiro atoms. The first kappa shape index (κ1) is 56.7. The van der Waals surface area contributed by atoms with Crippen molar-refractivity contribution in [1.82, 2.24) is 0 Å². The minimum absolute atomic E-state index is 0.150. The van der Waals surface area contributed by atoms with E-state index in [2.05, 4.69) is 73.1 Å². The van der Waals surface area contributed by atoms with Gasteiger partial charge in [-0.1, -0.05) is 164 Å². The summed E-state index contributed by atoms with van der Waals surface area (Å²) in [6.07, 6.45) is 49.1. The summed E-state index contributed by atoms with van der Waals surface area (Å²) in [6, 6.07) is 0. The largest absolute Gasteiger partial charge is 0.472 e. The van der Waals surface area contributed by atoms with E-state index in [1.807, 2.05) is 6.08 Å². The third-order valence-corrected chi connectivity index (χ3v) is 10.6. The lowest BCUT2D eigenvalue weighted by Crippen LogP contribution is -2.29. The molecule has 1 unspecified atom stereocenters. The smallest absolute Gasteiger partial charge is 0.462 e. The molecule has 0 rings (SSSR count). The van der Waals surface area contributed by atoms with Gasteiger partial charge in [-0.25, -0.2) is 4.57 Å². The van der Waals surface area contributed by atoms with Gasteiger partial charge in [0.15, 0.2) is 6.10 Å². The van der Waals surface area contributed by atoms with Gasteiger partial charge in [0, 0.05) is 12.8 Å². The van der Waals surface area contributed by atoms with Crippen molar-refractivity contribution in [3.8, 4) is 0 Å². The normalized spacial score (nSPS) is 14.3. The molecular weight excluding hydrogens is 767 g/mol. The lowest BCUT2D eigenvalue weighted by molar-refractivity contribution is -0.161. The molecule has 0 radical (unpaired) electrons. The van der Waals surface area contributed by atoms with Gasteiger partial charge >= 0.3 is 19.8 Å². The monoisotopic (exact) mass is 853 g/mol. The molecule has 0 fully saturated rings. The molecular formula is C48H85O10P. The molecule has 3 atom stereocenters. The van der Waals surface area contributed by atoms with E-state index in [0.717, 1.165) is 44.9 Å². The van der Waals surface area contributed by atoms with Crippen LogP contribution in [0, 0.1) is 0 Å². The molecule has 0 aliphatic rings. The van der Waals surface area contributed by atoms with E-state index in [4.69, 9.17) is 19.1 Å². The van der Waals surface area contributed by atoms with Crippen LogP contribution in [-0.4, -0.2) is 65.7 Å². The van der Waals surface area contributed by atoms with Gasteiger partial charge in [0.2, 0.25) is 0 Å². The first-order valence-electron chi connectivity index (χ1n) is 23.2. The third kappa shape index (κ3) is 43.6. The van der Waals surface area contributed by atoms with Crippen LogP contribution < -0.4 is 0 Å². The summed E-state index contributed by atoms with van der Waals surface area (Å²) in [5, 5.41) is 18.3. The molecule has 0 heterocycles. The van der Waals surface area contributed by atoms with Crippen molar-refractivity contribution in [3.05, 3.63) is 60.8 Å². The minimum Gasteiger partial charge on any atom is -0.462 e. The average Bonchev–Trinajstić information content (AvgIpc) is 3.22. The Kier molecular flexibility index (Phi) is 42.0. The van der Waals surface area contributed by atoms with Gasteiger partial charge in [0.05, 0.1) is 19.8 Å². The molecule has 0 bridgehead atoms. The van der Waals surface area contributed by atoms with Crippen LogP contribution in [0.4, 0.5) is 0 Å². The Labute approximate surface area is 359 Å². The number of unbranched alkanes of at least 4 members (excludes halogenated alkanes) is 19. The zero-order valence-corrected chi connectivity index (χ0v) is 38.1. The van der Waals surface area contributed by atoms with Crippen molar-refractivity contribution in [2.45, 2.75) is 206 Å². The van der Waals surface area contributed by atoms with Crippen LogP contribution >= 0.6 is 7.82 Å². The number of carbonyl (C=O) groups excluding carboxylic acids is 2. The van der Waals surface area contributed by atoms with Crippen LogP contribution in [0.1, 0.15) is 194 Å². The van der Waals surface area contributed by atoms with E-state index in [9.17, 15) is 24.2 Å². The predicted octanol–water partition coefficient (Wildman–Crippen LogP) is 12.7. The number of phosphoric ester groups is 1. The SMILES string of the molecule is CCCCCCCCC/C=C/C/C=C/C/C=C/C/C=C/CCCC(=O)OC[C@@H](COP(=O)(O)OC[C@H](O)CO)OC(=O)CCCCC/C=C/CCCCCCCCCC. The summed E-state index contributed by atoms with van der Waals surface area (Å²) >= 11 is 0. The van der Waals surface area contributed by atoms with Gasteiger partial charge in [0.1, 0.15) is 12.7 Å². The number of hydrogen-bond donors (Lipinski definition) is 3. The Morgan fingerprint density at radius 2 is 0.898 bits per heavy atom. The highest BCUT2D eigenvalue weighted by Gasteiger charge is 2.27. The van der Waals surface area contributed by atoms with E-state index in [1.165, 1.54) is 103 Å². The highest BCUT2D eigenvalue weighted by molar-refractivity contribution is 7.47. The Balaban J connectivity index is 4.37. The molecule has 0 amide bonds. The first-order chi connectivity index (χ1) is 28.7. The molecule has 0 aliphatic carbocycles. The van der Waals surface area contributed by atoms with Crippen molar-refractivity contribution in [2.75, 3.05) is 26.4 Å². The fourth-order valence-electron chi connectivity index (χ4n) is 6.04. The Bertz CT molecular complexity index is 1160. The van der Waals surface area contributed by atoms with Crippen LogP contribution in [0.25, 0.3) is 0 Å². The number of phosphoric acid groups is 1. The molecule has 10 nitrogen and oxygen atoms in total. The number of esters is 2. The second-order valence-corrected chi connectivity index (χ2v) is 16.9. The van der Waals surface area contributed by atoms with Crippen LogP contribution in [-0.2, 0) is 32.7 Å². The minimum atomic E-state index is -4.64. The predicted molar refractivity (Wildman–Crippen MR) is 242 cm³/mol. The maximum Gasteiger partial charge on any atom is 0.472 e. The molecule has 0 aliphatic heterocycles. The maximum atomic E-state index is 12.6. The summed E-state index contributed by atoms with van der Waals surface area (Å²) < 4.78 is 32.7. The molecule has 3 N–H and O–H groups in total. The lowest BCUT2D eigenvalue weighted by Gasteiger charge is -2.20. The Hall–Kier alpha value is -2.33. The first-order valence-corrected chi connectivity index (χ1v) is 24.7. The molecule has 59 heavy (non-hydrogen) atoms. The second kappa shape index (κ2) is 43.7. The fraction of sp³-hybridized carbons (Fsp3) is 0.750. The topological polar surface area (TPSA) is 149 Å².